The van der Waals surface area contributed by atoms with Crippen LogP contribution in [0.3, 0.4) is 0 Å². The predicted octanol–water partition coefficient (Wildman–Crippen LogP) is 1.87. The Balaban J connectivity index is 2.17. The second kappa shape index (κ2) is 6.07. The lowest BCUT2D eigenvalue weighted by molar-refractivity contribution is 0.0926. The van der Waals surface area contributed by atoms with Gasteiger partial charge >= 0.3 is 0 Å². The van der Waals surface area contributed by atoms with Gasteiger partial charge in [0.25, 0.3) is 5.91 Å². The van der Waals surface area contributed by atoms with Gasteiger partial charge in [0.15, 0.2) is 5.82 Å². The van der Waals surface area contributed by atoms with Crippen molar-refractivity contribution in [2.45, 2.75) is 53.2 Å². The first-order chi connectivity index (χ1) is 9.93. The number of carbonyl (C=O) groups excluding carboxylic acids is 1. The van der Waals surface area contributed by atoms with Crippen molar-refractivity contribution in [3.05, 3.63) is 29.6 Å². The molecule has 2 heterocycles. The third-order valence-corrected chi connectivity index (χ3v) is 3.33. The number of hydrogen-bond donors (Lipinski definition) is 1. The minimum absolute atomic E-state index is 0.150. The Morgan fingerprint density at radius 3 is 2.71 bits per heavy atom. The van der Waals surface area contributed by atoms with Crippen LogP contribution in [-0.4, -0.2) is 30.5 Å². The van der Waals surface area contributed by atoms with Crippen molar-refractivity contribution in [3.8, 4) is 0 Å². The number of hydrogen-bond acceptors (Lipinski definition) is 4. The Kier molecular flexibility index (Phi) is 4.40. The number of nitrogens with one attached hydrogen (secondary N) is 1. The zero-order valence-electron chi connectivity index (χ0n) is 13.2. The number of carbonyl (C=O) groups is 1. The largest absolute Gasteiger partial charge is 0.341 e. The number of amides is 1. The number of aryl methyl sites for hydroxylation is 2. The van der Waals surface area contributed by atoms with Crippen molar-refractivity contribution in [1.82, 2.24) is 29.9 Å². The zero-order valence-corrected chi connectivity index (χ0v) is 13.2. The lowest BCUT2D eigenvalue weighted by Crippen LogP contribution is -2.30. The molecule has 2 aromatic heterocycles. The summed E-state index contributed by atoms with van der Waals surface area (Å²) in [7, 11) is 0. The molecule has 114 valence electrons. The Morgan fingerprint density at radius 2 is 2.10 bits per heavy atom. The van der Waals surface area contributed by atoms with Crippen LogP contribution in [0.1, 0.15) is 61.8 Å². The van der Waals surface area contributed by atoms with Gasteiger partial charge in [-0.25, -0.2) is 0 Å². The second-order valence-electron chi connectivity index (χ2n) is 5.37. The summed E-state index contributed by atoms with van der Waals surface area (Å²) in [5, 5.41) is 15.3. The van der Waals surface area contributed by atoms with E-state index in [1.807, 2.05) is 25.3 Å². The molecule has 0 fully saturated rings. The fraction of sp³-hybridized carbons (Fsp3) is 0.571. The Morgan fingerprint density at radius 1 is 1.38 bits per heavy atom. The highest BCUT2D eigenvalue weighted by atomic mass is 16.2. The van der Waals surface area contributed by atoms with Crippen LogP contribution >= 0.6 is 0 Å². The molecule has 0 aliphatic carbocycles. The van der Waals surface area contributed by atoms with E-state index in [9.17, 15) is 4.79 Å². The maximum atomic E-state index is 12.4. The van der Waals surface area contributed by atoms with Crippen LogP contribution in [0.2, 0.25) is 0 Å². The van der Waals surface area contributed by atoms with E-state index in [-0.39, 0.29) is 18.0 Å². The fourth-order valence-corrected chi connectivity index (χ4v) is 2.26. The van der Waals surface area contributed by atoms with Gasteiger partial charge in [0.1, 0.15) is 12.0 Å². The van der Waals surface area contributed by atoms with E-state index in [4.69, 9.17) is 0 Å². The quantitative estimate of drug-likeness (QED) is 0.912. The van der Waals surface area contributed by atoms with Gasteiger partial charge in [0.05, 0.1) is 11.7 Å². The summed E-state index contributed by atoms with van der Waals surface area (Å²) < 4.78 is 3.65. The summed E-state index contributed by atoms with van der Waals surface area (Å²) in [5.41, 5.74) is 1.40. The SMILES string of the molecule is CCn1nc(C)cc1C(=O)NC(C)c1nncn1C(C)C. The molecule has 1 N–H and O–H groups in total. The van der Waals surface area contributed by atoms with Crippen molar-refractivity contribution in [2.24, 2.45) is 0 Å². The fourth-order valence-electron chi connectivity index (χ4n) is 2.26. The van der Waals surface area contributed by atoms with Crippen molar-refractivity contribution in [1.29, 1.82) is 0 Å². The molecule has 0 saturated carbocycles. The molecule has 0 aliphatic heterocycles. The van der Waals surface area contributed by atoms with Crippen molar-refractivity contribution in [3.63, 3.8) is 0 Å². The second-order valence-corrected chi connectivity index (χ2v) is 5.37. The van der Waals surface area contributed by atoms with Gasteiger partial charge < -0.3 is 9.88 Å². The van der Waals surface area contributed by atoms with Gasteiger partial charge in [-0.2, -0.15) is 5.10 Å². The summed E-state index contributed by atoms with van der Waals surface area (Å²) in [5.74, 6) is 0.598. The smallest absolute Gasteiger partial charge is 0.270 e. The monoisotopic (exact) mass is 290 g/mol. The van der Waals surface area contributed by atoms with E-state index in [0.717, 1.165) is 11.5 Å². The summed E-state index contributed by atoms with van der Waals surface area (Å²) in [4.78, 5) is 12.4. The molecule has 7 heteroatoms. The summed E-state index contributed by atoms with van der Waals surface area (Å²) >= 11 is 0. The maximum Gasteiger partial charge on any atom is 0.270 e. The normalized spacial score (nSPS) is 12.7. The molecule has 0 radical (unpaired) electrons. The topological polar surface area (TPSA) is 77.6 Å². The molecular formula is C14H22N6O. The molecule has 7 nitrogen and oxygen atoms in total. The van der Waals surface area contributed by atoms with E-state index >= 15 is 0 Å². The van der Waals surface area contributed by atoms with E-state index < -0.39 is 0 Å². The molecule has 21 heavy (non-hydrogen) atoms. The van der Waals surface area contributed by atoms with Crippen LogP contribution in [0.5, 0.6) is 0 Å². The summed E-state index contributed by atoms with van der Waals surface area (Å²) in [6, 6.07) is 1.82. The molecule has 0 aromatic carbocycles. The van der Waals surface area contributed by atoms with Crippen LogP contribution in [-0.2, 0) is 6.54 Å². The molecule has 2 aromatic rings. The lowest BCUT2D eigenvalue weighted by Gasteiger charge is -2.17. The Bertz CT molecular complexity index is 627. The van der Waals surface area contributed by atoms with Gasteiger partial charge in [-0.1, -0.05) is 0 Å². The Hall–Kier alpha value is -2.18. The van der Waals surface area contributed by atoms with Crippen LogP contribution in [0.25, 0.3) is 0 Å². The van der Waals surface area contributed by atoms with E-state index in [1.165, 1.54) is 0 Å². The van der Waals surface area contributed by atoms with Crippen molar-refractivity contribution >= 4 is 5.91 Å². The van der Waals surface area contributed by atoms with Crippen molar-refractivity contribution in [2.75, 3.05) is 0 Å². The molecule has 1 atom stereocenters. The van der Waals surface area contributed by atoms with E-state index in [1.54, 1.807) is 17.1 Å². The van der Waals surface area contributed by atoms with Gasteiger partial charge in [-0.05, 0) is 40.7 Å². The van der Waals surface area contributed by atoms with Gasteiger partial charge in [0, 0.05) is 12.6 Å². The molecule has 1 unspecified atom stereocenters. The predicted molar refractivity (Wildman–Crippen MR) is 78.9 cm³/mol. The highest BCUT2D eigenvalue weighted by Crippen LogP contribution is 2.15. The number of nitrogens with zero attached hydrogens (tertiary/aromatic N) is 5. The molecule has 0 aliphatic rings. The first-order valence-electron chi connectivity index (χ1n) is 7.18. The summed E-state index contributed by atoms with van der Waals surface area (Å²) in [6.07, 6.45) is 1.68. The minimum Gasteiger partial charge on any atom is -0.341 e. The van der Waals surface area contributed by atoms with Crippen molar-refractivity contribution < 1.29 is 4.79 Å². The molecule has 2 rings (SSSR count). The third-order valence-electron chi connectivity index (χ3n) is 3.33. The molecule has 0 saturated heterocycles. The zero-order chi connectivity index (χ0) is 15.6. The first-order valence-corrected chi connectivity index (χ1v) is 7.18. The lowest BCUT2D eigenvalue weighted by atomic mass is 10.2. The molecular weight excluding hydrogens is 268 g/mol. The first kappa shape index (κ1) is 15.2. The van der Waals surface area contributed by atoms with Gasteiger partial charge in [-0.3, -0.25) is 9.48 Å². The molecule has 0 bridgehead atoms. The standard InChI is InChI=1S/C14H22N6O/c1-6-20-12(7-10(4)18-20)14(21)16-11(5)13-17-15-8-19(13)9(2)3/h7-9,11H,6H2,1-5H3,(H,16,21). The average molecular weight is 290 g/mol. The highest BCUT2D eigenvalue weighted by molar-refractivity contribution is 5.92. The van der Waals surface area contributed by atoms with Gasteiger partial charge in [0.2, 0.25) is 0 Å². The average Bonchev–Trinajstić information content (AvgIpc) is 3.04. The van der Waals surface area contributed by atoms with E-state index in [0.29, 0.717) is 12.2 Å². The van der Waals surface area contributed by atoms with Crippen LogP contribution in [0, 0.1) is 6.92 Å². The van der Waals surface area contributed by atoms with Crippen LogP contribution in [0.4, 0.5) is 0 Å². The minimum atomic E-state index is -0.220. The number of aromatic nitrogens is 5. The summed E-state index contributed by atoms with van der Waals surface area (Å²) in [6.45, 7) is 10.5. The van der Waals surface area contributed by atoms with Crippen LogP contribution < -0.4 is 5.32 Å². The molecule has 1 amide bonds. The highest BCUT2D eigenvalue weighted by Gasteiger charge is 2.20. The van der Waals surface area contributed by atoms with E-state index in [2.05, 4.69) is 34.5 Å². The molecule has 0 spiro atoms. The third kappa shape index (κ3) is 3.12. The Labute approximate surface area is 124 Å². The maximum absolute atomic E-state index is 12.4. The van der Waals surface area contributed by atoms with Crippen LogP contribution in [0.15, 0.2) is 12.4 Å². The van der Waals surface area contributed by atoms with Gasteiger partial charge in [-0.15, -0.1) is 10.2 Å². The number of rotatable bonds is 5.